The molecule has 1 aliphatic heterocycles. The number of nitrogens with one attached hydrogen (secondary N) is 1. The molecule has 3 rings (SSSR count). The van der Waals surface area contributed by atoms with Crippen LogP contribution in [0.3, 0.4) is 0 Å². The first kappa shape index (κ1) is 24.1. The molecule has 1 N–H and O–H groups in total. The van der Waals surface area contributed by atoms with E-state index in [-0.39, 0.29) is 24.2 Å². The van der Waals surface area contributed by atoms with Crippen molar-refractivity contribution >= 4 is 63.1 Å². The Labute approximate surface area is 203 Å². The summed E-state index contributed by atoms with van der Waals surface area (Å²) >= 11 is 3.40. The average molecular weight is 569 g/mol. The minimum Gasteiger partial charge on any atom is -0.490 e. The summed E-state index contributed by atoms with van der Waals surface area (Å²) in [6.45, 7) is 2.00. The molecule has 0 spiro atoms. The van der Waals surface area contributed by atoms with Gasteiger partial charge in [-0.3, -0.25) is 19.5 Å². The SMILES string of the molecule is CCOc1cc(/C=C2/SC(=NC)N(C)C2=O)cc(I)c1OCC(=O)Nc1ccc(F)cc1. The van der Waals surface area contributed by atoms with Crippen LogP contribution in [0, 0.1) is 9.39 Å². The van der Waals surface area contributed by atoms with Gasteiger partial charge >= 0.3 is 0 Å². The third kappa shape index (κ3) is 5.80. The minimum absolute atomic E-state index is 0.124. The number of rotatable bonds is 7. The summed E-state index contributed by atoms with van der Waals surface area (Å²) in [4.78, 5) is 30.8. The molecular formula is C22H21FIN3O4S. The van der Waals surface area contributed by atoms with Gasteiger partial charge in [0.25, 0.3) is 11.8 Å². The number of hydrogen-bond acceptors (Lipinski definition) is 6. The molecule has 1 saturated heterocycles. The van der Waals surface area contributed by atoms with Crippen molar-refractivity contribution < 1.29 is 23.5 Å². The van der Waals surface area contributed by atoms with Crippen molar-refractivity contribution in [2.24, 2.45) is 4.99 Å². The fraction of sp³-hybridized carbons (Fsp3) is 0.227. The van der Waals surface area contributed by atoms with Crippen molar-refractivity contribution in [2.75, 3.05) is 32.6 Å². The fourth-order valence-electron chi connectivity index (χ4n) is 2.84. The maximum atomic E-state index is 13.0. The summed E-state index contributed by atoms with van der Waals surface area (Å²) < 4.78 is 25.2. The van der Waals surface area contributed by atoms with Crippen molar-refractivity contribution in [1.82, 2.24) is 4.90 Å². The summed E-state index contributed by atoms with van der Waals surface area (Å²) in [5.74, 6) is 0.00810. The van der Waals surface area contributed by atoms with Crippen LogP contribution in [-0.2, 0) is 9.59 Å². The van der Waals surface area contributed by atoms with Gasteiger partial charge in [-0.2, -0.15) is 0 Å². The van der Waals surface area contributed by atoms with Crippen LogP contribution in [0.2, 0.25) is 0 Å². The number of carbonyl (C=O) groups is 2. The molecule has 1 aliphatic rings. The molecule has 10 heteroatoms. The number of anilines is 1. The molecule has 2 aromatic rings. The number of likely N-dealkylation sites (N-methyl/N-ethyl adjacent to an activating group) is 1. The highest BCUT2D eigenvalue weighted by atomic mass is 127. The second-order valence-corrected chi connectivity index (χ2v) is 8.76. The van der Waals surface area contributed by atoms with E-state index in [0.29, 0.717) is 33.9 Å². The van der Waals surface area contributed by atoms with Crippen molar-refractivity contribution in [1.29, 1.82) is 0 Å². The molecule has 0 aromatic heterocycles. The van der Waals surface area contributed by atoms with Crippen LogP contribution in [0.4, 0.5) is 10.1 Å². The highest BCUT2D eigenvalue weighted by molar-refractivity contribution is 14.1. The molecule has 0 atom stereocenters. The number of benzene rings is 2. The molecular weight excluding hydrogens is 548 g/mol. The number of amides is 2. The highest BCUT2D eigenvalue weighted by Gasteiger charge is 2.29. The van der Waals surface area contributed by atoms with Gasteiger partial charge in [0.05, 0.1) is 15.1 Å². The van der Waals surface area contributed by atoms with Crippen LogP contribution < -0.4 is 14.8 Å². The van der Waals surface area contributed by atoms with Gasteiger partial charge in [-0.15, -0.1) is 0 Å². The molecule has 2 amide bonds. The van der Waals surface area contributed by atoms with Gasteiger partial charge in [0.1, 0.15) is 5.82 Å². The molecule has 1 fully saturated rings. The Morgan fingerprint density at radius 1 is 1.28 bits per heavy atom. The summed E-state index contributed by atoms with van der Waals surface area (Å²) in [5.41, 5.74) is 1.24. The molecule has 0 unspecified atom stereocenters. The summed E-state index contributed by atoms with van der Waals surface area (Å²) in [6, 6.07) is 9.08. The Morgan fingerprint density at radius 2 is 2.00 bits per heavy atom. The van der Waals surface area contributed by atoms with Crippen molar-refractivity contribution in [3.63, 3.8) is 0 Å². The Morgan fingerprint density at radius 3 is 2.62 bits per heavy atom. The summed E-state index contributed by atoms with van der Waals surface area (Å²) in [7, 11) is 3.32. The van der Waals surface area contributed by atoms with Gasteiger partial charge in [-0.25, -0.2) is 4.39 Å². The number of ether oxygens (including phenoxy) is 2. The van der Waals surface area contributed by atoms with Crippen LogP contribution in [-0.4, -0.2) is 49.2 Å². The van der Waals surface area contributed by atoms with E-state index in [2.05, 4.69) is 32.9 Å². The lowest BCUT2D eigenvalue weighted by molar-refractivity contribution is -0.121. The number of hydrogen-bond donors (Lipinski definition) is 1. The Balaban J connectivity index is 1.77. The maximum absolute atomic E-state index is 13.0. The Kier molecular flexibility index (Phi) is 8.13. The molecule has 1 heterocycles. The zero-order valence-corrected chi connectivity index (χ0v) is 20.6. The fourth-order valence-corrected chi connectivity index (χ4v) is 4.55. The number of halogens is 2. The molecule has 0 saturated carbocycles. The van der Waals surface area contributed by atoms with Gasteiger partial charge < -0.3 is 14.8 Å². The smallest absolute Gasteiger partial charge is 0.266 e. The lowest BCUT2D eigenvalue weighted by Crippen LogP contribution is -2.23. The van der Waals surface area contributed by atoms with Gasteiger partial charge in [0.15, 0.2) is 23.3 Å². The van der Waals surface area contributed by atoms with E-state index in [4.69, 9.17) is 9.47 Å². The standard InChI is InChI=1S/C22H21FIN3O4S/c1-4-30-17-10-13(11-18-21(29)27(3)22(25-2)32-18)9-16(24)20(17)31-12-19(28)26-15-7-5-14(23)6-8-15/h5-11H,4,12H2,1-3H3,(H,26,28)/b18-11+,25-22?. The Bertz CT molecular complexity index is 1090. The van der Waals surface area contributed by atoms with Gasteiger partial charge in [-0.05, 0) is 89.3 Å². The zero-order chi connectivity index (χ0) is 23.3. The van der Waals surface area contributed by atoms with E-state index in [1.807, 2.05) is 13.0 Å². The third-order valence-electron chi connectivity index (χ3n) is 4.30. The van der Waals surface area contributed by atoms with Crippen LogP contribution in [0.25, 0.3) is 6.08 Å². The van der Waals surface area contributed by atoms with E-state index in [1.165, 1.54) is 40.9 Å². The predicted molar refractivity (Wildman–Crippen MR) is 133 cm³/mol. The normalized spacial score (nSPS) is 16.0. The lowest BCUT2D eigenvalue weighted by Gasteiger charge is -2.15. The van der Waals surface area contributed by atoms with Gasteiger partial charge in [0, 0.05) is 19.8 Å². The third-order valence-corrected chi connectivity index (χ3v) is 6.25. The number of amidine groups is 1. The summed E-state index contributed by atoms with van der Waals surface area (Å²) in [5, 5.41) is 3.28. The minimum atomic E-state index is -0.386. The van der Waals surface area contributed by atoms with Crippen LogP contribution in [0.15, 0.2) is 46.3 Å². The molecule has 2 aromatic carbocycles. The second-order valence-electron chi connectivity index (χ2n) is 6.59. The first-order chi connectivity index (χ1) is 15.3. The zero-order valence-electron chi connectivity index (χ0n) is 17.6. The largest absolute Gasteiger partial charge is 0.490 e. The van der Waals surface area contributed by atoms with Crippen LogP contribution in [0.5, 0.6) is 11.5 Å². The molecule has 0 radical (unpaired) electrons. The van der Waals surface area contributed by atoms with E-state index in [9.17, 15) is 14.0 Å². The van der Waals surface area contributed by atoms with E-state index >= 15 is 0 Å². The van der Waals surface area contributed by atoms with Crippen LogP contribution >= 0.6 is 34.4 Å². The van der Waals surface area contributed by atoms with Crippen molar-refractivity contribution in [2.45, 2.75) is 6.92 Å². The maximum Gasteiger partial charge on any atom is 0.266 e. The number of nitrogens with zero attached hydrogens (tertiary/aromatic N) is 2. The second kappa shape index (κ2) is 10.8. The monoisotopic (exact) mass is 569 g/mol. The Hall–Kier alpha value is -2.60. The average Bonchev–Trinajstić information content (AvgIpc) is 3.03. The topological polar surface area (TPSA) is 80.2 Å². The van der Waals surface area contributed by atoms with E-state index in [1.54, 1.807) is 26.2 Å². The van der Waals surface area contributed by atoms with Crippen molar-refractivity contribution in [3.8, 4) is 11.5 Å². The number of thioether (sulfide) groups is 1. The van der Waals surface area contributed by atoms with Gasteiger partial charge in [-0.1, -0.05) is 0 Å². The number of aliphatic imine (C=N–C) groups is 1. The number of carbonyl (C=O) groups excluding carboxylic acids is 2. The van der Waals surface area contributed by atoms with Gasteiger partial charge in [0.2, 0.25) is 0 Å². The van der Waals surface area contributed by atoms with Crippen LogP contribution in [0.1, 0.15) is 12.5 Å². The first-order valence-electron chi connectivity index (χ1n) is 9.61. The molecule has 7 nitrogen and oxygen atoms in total. The highest BCUT2D eigenvalue weighted by Crippen LogP contribution is 2.37. The quantitative estimate of drug-likeness (QED) is 0.396. The first-order valence-corrected chi connectivity index (χ1v) is 11.5. The molecule has 0 aliphatic carbocycles. The molecule has 168 valence electrons. The lowest BCUT2D eigenvalue weighted by atomic mass is 10.2. The van der Waals surface area contributed by atoms with E-state index in [0.717, 1.165) is 9.13 Å². The molecule has 32 heavy (non-hydrogen) atoms. The molecule has 0 bridgehead atoms. The van der Waals surface area contributed by atoms with Crippen molar-refractivity contribution in [3.05, 3.63) is 56.3 Å². The predicted octanol–water partition coefficient (Wildman–Crippen LogP) is 4.38. The van der Waals surface area contributed by atoms with E-state index < -0.39 is 0 Å². The summed E-state index contributed by atoms with van der Waals surface area (Å²) in [6.07, 6.45) is 1.78.